The van der Waals surface area contributed by atoms with Gasteiger partial charge < -0.3 is 0 Å². The van der Waals surface area contributed by atoms with Gasteiger partial charge in [-0.05, 0) is 5.92 Å². The van der Waals surface area contributed by atoms with E-state index >= 15 is 0 Å². The molecule has 0 radical (unpaired) electrons. The van der Waals surface area contributed by atoms with Gasteiger partial charge in [-0.2, -0.15) is 0 Å². The molecule has 2 heteroatoms. The Bertz CT molecular complexity index is 433. The molecule has 0 amide bonds. The van der Waals surface area contributed by atoms with Gasteiger partial charge in [0.05, 0.1) is 10.7 Å². The number of thiazole rings is 1. The molecule has 0 saturated carbocycles. The molecule has 1 heterocycles. The Balaban J connectivity index is 2.14. The van der Waals surface area contributed by atoms with Gasteiger partial charge in [0, 0.05) is 17.4 Å². The number of nitrogens with zero attached hydrogens (tertiary/aromatic N) is 1. The van der Waals surface area contributed by atoms with Gasteiger partial charge in [-0.15, -0.1) is 11.3 Å². The highest BCUT2D eigenvalue weighted by atomic mass is 32.1. The Morgan fingerprint density at radius 3 is 2.69 bits per heavy atom. The highest BCUT2D eigenvalue weighted by Crippen LogP contribution is 2.23. The van der Waals surface area contributed by atoms with E-state index in [9.17, 15) is 0 Å². The van der Waals surface area contributed by atoms with Crippen molar-refractivity contribution in [1.82, 2.24) is 4.98 Å². The van der Waals surface area contributed by atoms with E-state index in [1.807, 2.05) is 6.07 Å². The van der Waals surface area contributed by atoms with Crippen LogP contribution in [0.4, 0.5) is 0 Å². The lowest BCUT2D eigenvalue weighted by Crippen LogP contribution is -1.96. The van der Waals surface area contributed by atoms with Crippen LogP contribution in [0.5, 0.6) is 0 Å². The third-order valence-corrected chi connectivity index (χ3v) is 3.71. The van der Waals surface area contributed by atoms with Gasteiger partial charge in [0.15, 0.2) is 0 Å². The van der Waals surface area contributed by atoms with Crippen molar-refractivity contribution in [2.45, 2.75) is 26.7 Å². The summed E-state index contributed by atoms with van der Waals surface area (Å²) < 4.78 is 0. The van der Waals surface area contributed by atoms with Crippen LogP contribution in [0.2, 0.25) is 0 Å². The van der Waals surface area contributed by atoms with Crippen molar-refractivity contribution in [3.05, 3.63) is 40.7 Å². The van der Waals surface area contributed by atoms with E-state index in [0.29, 0.717) is 0 Å². The summed E-state index contributed by atoms with van der Waals surface area (Å²) in [5.74, 6) is 0.731. The molecule has 0 aliphatic rings. The SMILES string of the molecule is CC[C@@H](C)Cc1nc(-c2ccccc2)cs1. The highest BCUT2D eigenvalue weighted by Gasteiger charge is 2.07. The summed E-state index contributed by atoms with van der Waals surface area (Å²) in [4.78, 5) is 4.69. The number of aromatic nitrogens is 1. The van der Waals surface area contributed by atoms with Crippen molar-refractivity contribution >= 4 is 11.3 Å². The molecule has 2 rings (SSSR count). The Labute approximate surface area is 101 Å². The Morgan fingerprint density at radius 2 is 2.00 bits per heavy atom. The van der Waals surface area contributed by atoms with Crippen LogP contribution < -0.4 is 0 Å². The van der Waals surface area contributed by atoms with E-state index in [4.69, 9.17) is 0 Å². The van der Waals surface area contributed by atoms with Crippen LogP contribution in [0.3, 0.4) is 0 Å². The third kappa shape index (κ3) is 2.70. The molecule has 1 atom stereocenters. The minimum Gasteiger partial charge on any atom is -0.241 e. The first kappa shape index (κ1) is 11.3. The Kier molecular flexibility index (Phi) is 3.73. The van der Waals surface area contributed by atoms with Crippen molar-refractivity contribution in [2.24, 2.45) is 5.92 Å². The molecule has 1 nitrogen and oxygen atoms in total. The second kappa shape index (κ2) is 5.26. The standard InChI is InChI=1S/C14H17NS/c1-3-11(2)9-14-15-13(10-16-14)12-7-5-4-6-8-12/h4-8,10-11H,3,9H2,1-2H3/t11-/m1/s1. The summed E-state index contributed by atoms with van der Waals surface area (Å²) in [7, 11) is 0. The lowest BCUT2D eigenvalue weighted by atomic mass is 10.1. The summed E-state index contributed by atoms with van der Waals surface area (Å²) in [6, 6.07) is 10.4. The van der Waals surface area contributed by atoms with Crippen LogP contribution in [0.1, 0.15) is 25.3 Å². The van der Waals surface area contributed by atoms with Gasteiger partial charge in [0.1, 0.15) is 0 Å². The molecule has 2 aromatic rings. The predicted molar refractivity (Wildman–Crippen MR) is 70.7 cm³/mol. The second-order valence-corrected chi connectivity index (χ2v) is 5.15. The van der Waals surface area contributed by atoms with Gasteiger partial charge in [-0.25, -0.2) is 4.98 Å². The van der Waals surface area contributed by atoms with Crippen molar-refractivity contribution in [3.63, 3.8) is 0 Å². The molecule has 0 aliphatic heterocycles. The van der Waals surface area contributed by atoms with Crippen LogP contribution in [0, 0.1) is 5.92 Å². The minimum atomic E-state index is 0.731. The fourth-order valence-electron chi connectivity index (χ4n) is 1.59. The number of hydrogen-bond donors (Lipinski definition) is 0. The van der Waals surface area contributed by atoms with E-state index in [1.54, 1.807) is 11.3 Å². The zero-order valence-corrected chi connectivity index (χ0v) is 10.6. The topological polar surface area (TPSA) is 12.9 Å². The highest BCUT2D eigenvalue weighted by molar-refractivity contribution is 7.09. The molecular weight excluding hydrogens is 214 g/mol. The number of rotatable bonds is 4. The number of hydrogen-bond acceptors (Lipinski definition) is 2. The van der Waals surface area contributed by atoms with Gasteiger partial charge in [-0.1, -0.05) is 50.6 Å². The van der Waals surface area contributed by atoms with Crippen LogP contribution in [0.25, 0.3) is 11.3 Å². The van der Waals surface area contributed by atoms with Crippen molar-refractivity contribution in [1.29, 1.82) is 0 Å². The van der Waals surface area contributed by atoms with Crippen molar-refractivity contribution in [2.75, 3.05) is 0 Å². The first-order valence-corrected chi connectivity index (χ1v) is 6.67. The van der Waals surface area contributed by atoms with E-state index in [0.717, 1.165) is 18.0 Å². The molecule has 0 fully saturated rings. The summed E-state index contributed by atoms with van der Waals surface area (Å²) in [6.07, 6.45) is 2.33. The minimum absolute atomic E-state index is 0.731. The summed E-state index contributed by atoms with van der Waals surface area (Å²) in [5.41, 5.74) is 2.33. The predicted octanol–water partition coefficient (Wildman–Crippen LogP) is 4.40. The van der Waals surface area contributed by atoms with Crippen LogP contribution >= 0.6 is 11.3 Å². The monoisotopic (exact) mass is 231 g/mol. The molecule has 84 valence electrons. The summed E-state index contributed by atoms with van der Waals surface area (Å²) in [6.45, 7) is 4.51. The van der Waals surface area contributed by atoms with E-state index in [-0.39, 0.29) is 0 Å². The van der Waals surface area contributed by atoms with E-state index in [1.165, 1.54) is 17.0 Å². The smallest absolute Gasteiger partial charge is 0.0935 e. The zero-order valence-electron chi connectivity index (χ0n) is 9.81. The molecule has 0 spiro atoms. The average molecular weight is 231 g/mol. The zero-order chi connectivity index (χ0) is 11.4. The molecule has 16 heavy (non-hydrogen) atoms. The second-order valence-electron chi connectivity index (χ2n) is 4.21. The molecule has 1 aromatic carbocycles. The third-order valence-electron chi connectivity index (χ3n) is 2.84. The summed E-state index contributed by atoms with van der Waals surface area (Å²) in [5, 5.41) is 3.42. The van der Waals surface area contributed by atoms with Crippen molar-refractivity contribution < 1.29 is 0 Å². The maximum atomic E-state index is 4.69. The fourth-order valence-corrected chi connectivity index (χ4v) is 2.56. The molecule has 0 unspecified atom stereocenters. The molecule has 0 aliphatic carbocycles. The normalized spacial score (nSPS) is 12.6. The average Bonchev–Trinajstić information content (AvgIpc) is 2.78. The van der Waals surface area contributed by atoms with Gasteiger partial charge in [0.25, 0.3) is 0 Å². The Hall–Kier alpha value is -1.15. The van der Waals surface area contributed by atoms with E-state index < -0.39 is 0 Å². The lowest BCUT2D eigenvalue weighted by molar-refractivity contribution is 0.559. The largest absolute Gasteiger partial charge is 0.241 e. The van der Waals surface area contributed by atoms with Crippen molar-refractivity contribution in [3.8, 4) is 11.3 Å². The van der Waals surface area contributed by atoms with E-state index in [2.05, 4.69) is 48.5 Å². The van der Waals surface area contributed by atoms with Gasteiger partial charge >= 0.3 is 0 Å². The molecule has 0 bridgehead atoms. The fraction of sp³-hybridized carbons (Fsp3) is 0.357. The Morgan fingerprint density at radius 1 is 1.25 bits per heavy atom. The molecule has 1 aromatic heterocycles. The maximum absolute atomic E-state index is 4.69. The van der Waals surface area contributed by atoms with Gasteiger partial charge in [-0.3, -0.25) is 0 Å². The first-order chi connectivity index (χ1) is 7.79. The first-order valence-electron chi connectivity index (χ1n) is 5.79. The van der Waals surface area contributed by atoms with Gasteiger partial charge in [0.2, 0.25) is 0 Å². The maximum Gasteiger partial charge on any atom is 0.0935 e. The molecular formula is C14H17NS. The quantitative estimate of drug-likeness (QED) is 0.760. The number of benzene rings is 1. The van der Waals surface area contributed by atoms with Crippen LogP contribution in [-0.2, 0) is 6.42 Å². The van der Waals surface area contributed by atoms with Crippen LogP contribution in [0.15, 0.2) is 35.7 Å². The lowest BCUT2D eigenvalue weighted by Gasteiger charge is -2.03. The summed E-state index contributed by atoms with van der Waals surface area (Å²) >= 11 is 1.78. The molecule has 0 N–H and O–H groups in total. The molecule has 0 saturated heterocycles. The van der Waals surface area contributed by atoms with Crippen LogP contribution in [-0.4, -0.2) is 4.98 Å².